The summed E-state index contributed by atoms with van der Waals surface area (Å²) in [5.74, 6) is 0.356. The van der Waals surface area contributed by atoms with Gasteiger partial charge >= 0.3 is 0 Å². The van der Waals surface area contributed by atoms with Crippen LogP contribution >= 0.6 is 0 Å². The molecule has 1 N–H and O–H groups in total. The molecule has 86 valence electrons. The van der Waals surface area contributed by atoms with Gasteiger partial charge in [-0.25, -0.2) is 0 Å². The minimum Gasteiger partial charge on any atom is -0.507 e. The number of phenolic OH excluding ortho intramolecular Hbond substituents is 1. The van der Waals surface area contributed by atoms with Crippen molar-refractivity contribution in [2.24, 2.45) is 0 Å². The first-order valence-corrected chi connectivity index (χ1v) is 8.25. The molecule has 1 aromatic carbocycles. The van der Waals surface area contributed by atoms with Crippen LogP contribution in [-0.4, -0.2) is 20.0 Å². The topological polar surface area (TPSA) is 29.5 Å². The van der Waals surface area contributed by atoms with Gasteiger partial charge in [0.25, 0.3) is 0 Å². The summed E-state index contributed by atoms with van der Waals surface area (Å²) >= 11 is 0. The van der Waals surface area contributed by atoms with E-state index in [1.165, 1.54) is 0 Å². The lowest BCUT2D eigenvalue weighted by Crippen LogP contribution is -2.30. The fraction of sp³-hybridized carbons (Fsp3) is 0.385. The number of rotatable bonds is 3. The zero-order valence-corrected chi connectivity index (χ0v) is 10.9. The average Bonchev–Trinajstić information content (AvgIpc) is 2.75. The first-order valence-electron chi connectivity index (χ1n) is 5.85. The minimum atomic E-state index is -1.62. The highest BCUT2D eigenvalue weighted by Gasteiger charge is 2.34. The van der Waals surface area contributed by atoms with Crippen LogP contribution < -0.4 is 0 Å². The summed E-state index contributed by atoms with van der Waals surface area (Å²) < 4.78 is 6.00. The van der Waals surface area contributed by atoms with E-state index in [0.717, 1.165) is 23.2 Å². The van der Waals surface area contributed by atoms with Gasteiger partial charge in [-0.15, -0.1) is 0 Å². The number of aromatic hydroxyl groups is 1. The molecular formula is C13H18O2Si. The molecule has 0 bridgehead atoms. The monoisotopic (exact) mass is 234 g/mol. The zero-order chi connectivity index (χ0) is 11.6. The normalized spacial score (nSPS) is 18.5. The quantitative estimate of drug-likeness (QED) is 0.813. The van der Waals surface area contributed by atoms with E-state index in [4.69, 9.17) is 4.43 Å². The maximum Gasteiger partial charge on any atom is 0.217 e. The second kappa shape index (κ2) is 4.43. The third kappa shape index (κ3) is 1.93. The predicted molar refractivity (Wildman–Crippen MR) is 68.8 cm³/mol. The van der Waals surface area contributed by atoms with E-state index >= 15 is 0 Å². The largest absolute Gasteiger partial charge is 0.507 e. The molecule has 0 saturated carbocycles. The Kier molecular flexibility index (Phi) is 3.17. The Bertz CT molecular complexity index is 408. The minimum absolute atomic E-state index is 0.356. The van der Waals surface area contributed by atoms with Crippen molar-refractivity contribution in [2.75, 3.05) is 6.61 Å². The van der Waals surface area contributed by atoms with Gasteiger partial charge in [0.2, 0.25) is 8.32 Å². The first-order chi connectivity index (χ1) is 7.71. The summed E-state index contributed by atoms with van der Waals surface area (Å²) in [5, 5.41) is 9.81. The molecule has 16 heavy (non-hydrogen) atoms. The van der Waals surface area contributed by atoms with Crippen LogP contribution in [0.5, 0.6) is 5.75 Å². The highest BCUT2D eigenvalue weighted by Crippen LogP contribution is 2.34. The van der Waals surface area contributed by atoms with Gasteiger partial charge in [0.15, 0.2) is 0 Å². The molecule has 0 saturated heterocycles. The maximum absolute atomic E-state index is 9.81. The van der Waals surface area contributed by atoms with Crippen molar-refractivity contribution in [2.45, 2.75) is 25.9 Å². The summed E-state index contributed by atoms with van der Waals surface area (Å²) in [5.41, 5.74) is 4.40. The summed E-state index contributed by atoms with van der Waals surface area (Å²) in [4.78, 5) is 0. The molecule has 0 fully saturated rings. The van der Waals surface area contributed by atoms with Gasteiger partial charge in [-0.05, 0) is 23.7 Å². The second-order valence-electron chi connectivity index (χ2n) is 4.25. The highest BCUT2D eigenvalue weighted by atomic mass is 28.4. The molecule has 2 rings (SSSR count). The fourth-order valence-electron chi connectivity index (χ4n) is 2.18. The van der Waals surface area contributed by atoms with Crippen molar-refractivity contribution in [3.63, 3.8) is 0 Å². The summed E-state index contributed by atoms with van der Waals surface area (Å²) in [7, 11) is -1.62. The van der Waals surface area contributed by atoms with Crippen LogP contribution in [0, 0.1) is 0 Å². The van der Waals surface area contributed by atoms with E-state index in [9.17, 15) is 5.11 Å². The van der Waals surface area contributed by atoms with E-state index < -0.39 is 8.32 Å². The fourth-order valence-corrected chi connectivity index (χ4v) is 4.90. The van der Waals surface area contributed by atoms with Crippen LogP contribution in [-0.2, 0) is 4.43 Å². The van der Waals surface area contributed by atoms with Crippen LogP contribution in [0.1, 0.15) is 19.4 Å². The first kappa shape index (κ1) is 11.4. The standard InChI is InChI=1S/C13H18O2Si/c1-3-16(4-2)10-11(9-15-16)12-7-5-6-8-13(12)14/h5-8,10,14H,3-4,9H2,1-2H3. The number of hydrogen-bond acceptors (Lipinski definition) is 2. The molecule has 0 aromatic heterocycles. The zero-order valence-electron chi connectivity index (χ0n) is 9.86. The van der Waals surface area contributed by atoms with Gasteiger partial charge in [0, 0.05) is 5.56 Å². The van der Waals surface area contributed by atoms with Gasteiger partial charge in [0.1, 0.15) is 5.75 Å². The van der Waals surface area contributed by atoms with E-state index in [-0.39, 0.29) is 0 Å². The number of hydrogen-bond donors (Lipinski definition) is 1. The lowest BCUT2D eigenvalue weighted by Gasteiger charge is -2.19. The van der Waals surface area contributed by atoms with Gasteiger partial charge in [-0.3, -0.25) is 0 Å². The third-order valence-electron chi connectivity index (χ3n) is 3.40. The Morgan fingerprint density at radius 1 is 1.25 bits per heavy atom. The summed E-state index contributed by atoms with van der Waals surface area (Å²) in [6.07, 6.45) is 0. The molecule has 1 aromatic rings. The lowest BCUT2D eigenvalue weighted by atomic mass is 10.1. The van der Waals surface area contributed by atoms with Crippen molar-refractivity contribution in [3.05, 3.63) is 35.5 Å². The van der Waals surface area contributed by atoms with Crippen LogP contribution in [0.4, 0.5) is 0 Å². The Morgan fingerprint density at radius 2 is 1.94 bits per heavy atom. The van der Waals surface area contributed by atoms with E-state index in [1.807, 2.05) is 18.2 Å². The molecule has 0 amide bonds. The molecule has 0 atom stereocenters. The highest BCUT2D eigenvalue weighted by molar-refractivity contribution is 6.80. The van der Waals surface area contributed by atoms with Crippen LogP contribution in [0.25, 0.3) is 5.57 Å². The van der Waals surface area contributed by atoms with Crippen LogP contribution in [0.3, 0.4) is 0 Å². The molecule has 1 aliphatic rings. The molecular weight excluding hydrogens is 216 g/mol. The van der Waals surface area contributed by atoms with Crippen molar-refractivity contribution >= 4 is 13.9 Å². The van der Waals surface area contributed by atoms with Crippen molar-refractivity contribution in [1.82, 2.24) is 0 Å². The number of para-hydroxylation sites is 1. The third-order valence-corrected chi connectivity index (χ3v) is 7.39. The maximum atomic E-state index is 9.81. The van der Waals surface area contributed by atoms with E-state index in [1.54, 1.807) is 6.07 Å². The van der Waals surface area contributed by atoms with Gasteiger partial charge in [-0.1, -0.05) is 37.7 Å². The molecule has 0 unspecified atom stereocenters. The molecule has 2 nitrogen and oxygen atoms in total. The van der Waals surface area contributed by atoms with Gasteiger partial charge in [-0.2, -0.15) is 0 Å². The van der Waals surface area contributed by atoms with Gasteiger partial charge in [0.05, 0.1) is 6.61 Å². The molecule has 0 radical (unpaired) electrons. The molecule has 1 heterocycles. The molecule has 3 heteroatoms. The Balaban J connectivity index is 2.34. The average molecular weight is 234 g/mol. The van der Waals surface area contributed by atoms with Gasteiger partial charge < -0.3 is 9.53 Å². The van der Waals surface area contributed by atoms with E-state index in [2.05, 4.69) is 19.5 Å². The molecule has 0 spiro atoms. The SMILES string of the molecule is CC[Si]1(CC)C=C(c2ccccc2O)CO1. The lowest BCUT2D eigenvalue weighted by molar-refractivity contribution is 0.370. The summed E-state index contributed by atoms with van der Waals surface area (Å²) in [6, 6.07) is 9.71. The van der Waals surface area contributed by atoms with Crippen molar-refractivity contribution in [1.29, 1.82) is 0 Å². The van der Waals surface area contributed by atoms with E-state index in [0.29, 0.717) is 12.4 Å². The number of benzene rings is 1. The number of phenols is 1. The molecule has 1 aliphatic heterocycles. The van der Waals surface area contributed by atoms with Crippen LogP contribution in [0.2, 0.25) is 12.1 Å². The molecule has 0 aliphatic carbocycles. The smallest absolute Gasteiger partial charge is 0.217 e. The van der Waals surface area contributed by atoms with Crippen molar-refractivity contribution < 1.29 is 9.53 Å². The van der Waals surface area contributed by atoms with Crippen LogP contribution in [0.15, 0.2) is 30.0 Å². The summed E-state index contributed by atoms with van der Waals surface area (Å²) in [6.45, 7) is 5.05. The Hall–Kier alpha value is -1.06. The second-order valence-corrected chi connectivity index (χ2v) is 8.37. The van der Waals surface area contributed by atoms with Crippen molar-refractivity contribution in [3.8, 4) is 5.75 Å². The Morgan fingerprint density at radius 3 is 2.50 bits per heavy atom. The predicted octanol–water partition coefficient (Wildman–Crippen LogP) is 3.33. The Labute approximate surface area is 97.7 Å².